The van der Waals surface area contributed by atoms with E-state index in [0.29, 0.717) is 19.0 Å². The van der Waals surface area contributed by atoms with Crippen LogP contribution in [-0.2, 0) is 26.1 Å². The van der Waals surface area contributed by atoms with Crippen LogP contribution in [0.4, 0.5) is 4.39 Å². The van der Waals surface area contributed by atoms with Crippen molar-refractivity contribution in [3.63, 3.8) is 0 Å². The van der Waals surface area contributed by atoms with Crippen molar-refractivity contribution in [2.24, 2.45) is 5.92 Å². The van der Waals surface area contributed by atoms with Crippen molar-refractivity contribution in [2.75, 3.05) is 26.7 Å². The van der Waals surface area contributed by atoms with Crippen LogP contribution in [0.15, 0.2) is 53.4 Å². The Morgan fingerprint density at radius 2 is 1.66 bits per heavy atom. The van der Waals surface area contributed by atoms with Crippen molar-refractivity contribution in [3.05, 3.63) is 65.5 Å². The summed E-state index contributed by atoms with van der Waals surface area (Å²) >= 11 is 0. The topological polar surface area (TPSA) is 84.0 Å². The normalized spacial score (nSPS) is 15.3. The highest BCUT2D eigenvalue weighted by Crippen LogP contribution is 2.23. The number of carbonyl (C=O) groups is 2. The lowest BCUT2D eigenvalue weighted by Gasteiger charge is -2.29. The fourth-order valence-electron chi connectivity index (χ4n) is 3.41. The average Bonchev–Trinajstić information content (AvgIpc) is 2.79. The van der Waals surface area contributed by atoms with Crippen LogP contribution >= 0.6 is 0 Å². The number of nitrogens with zero attached hydrogens (tertiary/aromatic N) is 2. The molecular formula is C23H27FN2O5S. The fourth-order valence-corrected chi connectivity index (χ4v) is 4.88. The summed E-state index contributed by atoms with van der Waals surface area (Å²) in [6.45, 7) is 2.87. The second-order valence-electron chi connectivity index (χ2n) is 8.06. The fraction of sp³-hybridized carbons (Fsp3) is 0.391. The zero-order valence-electron chi connectivity index (χ0n) is 18.2. The maximum atomic E-state index is 13.0. The second-order valence-corrected chi connectivity index (χ2v) is 10.0. The van der Waals surface area contributed by atoms with Gasteiger partial charge in [-0.3, -0.25) is 4.79 Å². The van der Waals surface area contributed by atoms with Crippen molar-refractivity contribution < 1.29 is 27.1 Å². The molecule has 9 heteroatoms. The summed E-state index contributed by atoms with van der Waals surface area (Å²) < 4.78 is 45.1. The Morgan fingerprint density at radius 1 is 1.06 bits per heavy atom. The van der Waals surface area contributed by atoms with Gasteiger partial charge >= 0.3 is 5.97 Å². The molecule has 1 heterocycles. The summed E-state index contributed by atoms with van der Waals surface area (Å²) in [5.41, 5.74) is 0.902. The van der Waals surface area contributed by atoms with Crippen molar-refractivity contribution in [2.45, 2.75) is 31.2 Å². The van der Waals surface area contributed by atoms with Crippen molar-refractivity contribution in [3.8, 4) is 0 Å². The number of piperidine rings is 1. The second kappa shape index (κ2) is 10.2. The molecule has 1 amide bonds. The van der Waals surface area contributed by atoms with Crippen LogP contribution in [0, 0.1) is 11.7 Å². The third-order valence-corrected chi connectivity index (χ3v) is 7.47. The summed E-state index contributed by atoms with van der Waals surface area (Å²) in [7, 11) is -2.04. The Balaban J connectivity index is 1.54. The summed E-state index contributed by atoms with van der Waals surface area (Å²) in [5, 5.41) is 0. The van der Waals surface area contributed by atoms with E-state index in [4.69, 9.17) is 4.74 Å². The first-order valence-corrected chi connectivity index (χ1v) is 11.9. The Labute approximate surface area is 187 Å². The molecule has 3 rings (SSSR count). The molecule has 2 aromatic carbocycles. The van der Waals surface area contributed by atoms with Gasteiger partial charge in [-0.15, -0.1) is 0 Å². The van der Waals surface area contributed by atoms with Crippen molar-refractivity contribution >= 4 is 21.9 Å². The molecule has 0 N–H and O–H groups in total. The lowest BCUT2D eigenvalue weighted by Crippen LogP contribution is -2.37. The molecule has 0 bridgehead atoms. The summed E-state index contributed by atoms with van der Waals surface area (Å²) in [6, 6.07) is 11.3. The number of halogens is 1. The number of ether oxygens (including phenoxy) is 1. The Kier molecular flexibility index (Phi) is 7.63. The van der Waals surface area contributed by atoms with Crippen LogP contribution in [0.25, 0.3) is 0 Å². The zero-order chi connectivity index (χ0) is 23.3. The van der Waals surface area contributed by atoms with Gasteiger partial charge in [-0.25, -0.2) is 17.6 Å². The number of rotatable bonds is 7. The minimum atomic E-state index is -3.60. The van der Waals surface area contributed by atoms with Gasteiger partial charge in [0, 0.05) is 26.7 Å². The minimum absolute atomic E-state index is 0.124. The monoisotopic (exact) mass is 462 g/mol. The van der Waals surface area contributed by atoms with Crippen LogP contribution in [0.3, 0.4) is 0 Å². The highest BCUT2D eigenvalue weighted by molar-refractivity contribution is 7.89. The number of likely N-dealkylation sites (N-methyl/N-ethyl adjacent to an activating group) is 1. The molecule has 0 saturated carbocycles. The minimum Gasteiger partial charge on any atom is -0.452 e. The molecule has 7 nitrogen and oxygen atoms in total. The van der Waals surface area contributed by atoms with Crippen molar-refractivity contribution in [1.82, 2.24) is 9.21 Å². The van der Waals surface area contributed by atoms with Gasteiger partial charge in [-0.1, -0.05) is 19.1 Å². The van der Waals surface area contributed by atoms with E-state index in [1.54, 1.807) is 19.2 Å². The van der Waals surface area contributed by atoms with E-state index in [1.807, 2.05) is 0 Å². The molecule has 1 aliphatic heterocycles. The quantitative estimate of drug-likeness (QED) is 0.591. The highest BCUT2D eigenvalue weighted by atomic mass is 32.2. The predicted octanol–water partition coefficient (Wildman–Crippen LogP) is 3.06. The number of hydrogen-bond donors (Lipinski definition) is 0. The van der Waals surface area contributed by atoms with Crippen LogP contribution in [0.2, 0.25) is 0 Å². The van der Waals surface area contributed by atoms with E-state index in [1.165, 1.54) is 45.6 Å². The van der Waals surface area contributed by atoms with Crippen LogP contribution in [0.5, 0.6) is 0 Å². The molecule has 0 atom stereocenters. The van der Waals surface area contributed by atoms with Gasteiger partial charge in [-0.2, -0.15) is 4.31 Å². The van der Waals surface area contributed by atoms with Crippen molar-refractivity contribution in [1.29, 1.82) is 0 Å². The van der Waals surface area contributed by atoms with Gasteiger partial charge in [0.05, 0.1) is 10.5 Å². The van der Waals surface area contributed by atoms with Crippen LogP contribution in [0.1, 0.15) is 35.7 Å². The first kappa shape index (κ1) is 23.9. The van der Waals surface area contributed by atoms with E-state index in [0.717, 1.165) is 18.4 Å². The third kappa shape index (κ3) is 5.92. The Bertz CT molecular complexity index is 1050. The van der Waals surface area contributed by atoms with E-state index in [9.17, 15) is 22.4 Å². The average molecular weight is 463 g/mol. The van der Waals surface area contributed by atoms with E-state index in [2.05, 4.69) is 6.92 Å². The maximum Gasteiger partial charge on any atom is 0.338 e. The first-order valence-electron chi connectivity index (χ1n) is 10.4. The molecule has 32 heavy (non-hydrogen) atoms. The Hall–Kier alpha value is -2.78. The largest absolute Gasteiger partial charge is 0.452 e. The first-order chi connectivity index (χ1) is 15.2. The molecule has 2 aromatic rings. The standard InChI is InChI=1S/C23H27FN2O5S/c1-17-11-13-26(14-12-17)32(29,30)21-9-5-19(6-10-21)23(28)31-16-22(27)25(2)15-18-3-7-20(24)8-4-18/h3-10,17H,11-16H2,1-2H3. The SMILES string of the molecule is CC1CCN(S(=O)(=O)c2ccc(C(=O)OCC(=O)N(C)Cc3ccc(F)cc3)cc2)CC1. The van der Waals surface area contributed by atoms with Gasteiger partial charge in [0.1, 0.15) is 5.82 Å². The van der Waals surface area contributed by atoms with E-state index < -0.39 is 28.5 Å². The molecular weight excluding hydrogens is 435 g/mol. The molecule has 0 aromatic heterocycles. The molecule has 0 spiro atoms. The molecule has 0 radical (unpaired) electrons. The lowest BCUT2D eigenvalue weighted by atomic mass is 10.0. The molecule has 172 valence electrons. The van der Waals surface area contributed by atoms with Gasteiger partial charge in [0.15, 0.2) is 6.61 Å². The summed E-state index contributed by atoms with van der Waals surface area (Å²) in [6.07, 6.45) is 1.65. The number of hydrogen-bond acceptors (Lipinski definition) is 5. The van der Waals surface area contributed by atoms with Gasteiger partial charge < -0.3 is 9.64 Å². The summed E-state index contributed by atoms with van der Waals surface area (Å²) in [4.78, 5) is 26.0. The van der Waals surface area contributed by atoms with Crippen LogP contribution < -0.4 is 0 Å². The molecule has 1 saturated heterocycles. The van der Waals surface area contributed by atoms with E-state index >= 15 is 0 Å². The van der Waals surface area contributed by atoms with Gasteiger partial charge in [-0.05, 0) is 60.7 Å². The molecule has 1 aliphatic rings. The highest BCUT2D eigenvalue weighted by Gasteiger charge is 2.28. The number of esters is 1. The number of carbonyl (C=O) groups excluding carboxylic acids is 2. The zero-order valence-corrected chi connectivity index (χ0v) is 19.0. The third-order valence-electron chi connectivity index (χ3n) is 5.56. The predicted molar refractivity (Wildman–Crippen MR) is 117 cm³/mol. The van der Waals surface area contributed by atoms with Gasteiger partial charge in [0.25, 0.3) is 5.91 Å². The lowest BCUT2D eigenvalue weighted by molar-refractivity contribution is -0.133. The molecule has 0 unspecified atom stereocenters. The maximum absolute atomic E-state index is 13.0. The Morgan fingerprint density at radius 3 is 2.25 bits per heavy atom. The smallest absolute Gasteiger partial charge is 0.338 e. The van der Waals surface area contributed by atoms with E-state index in [-0.39, 0.29) is 22.8 Å². The van der Waals surface area contributed by atoms with Crippen LogP contribution in [-0.4, -0.2) is 56.2 Å². The molecule has 1 fully saturated rings. The number of benzene rings is 2. The summed E-state index contributed by atoms with van der Waals surface area (Å²) in [5.74, 6) is -0.984. The molecule has 0 aliphatic carbocycles. The van der Waals surface area contributed by atoms with Gasteiger partial charge in [0.2, 0.25) is 10.0 Å². The number of sulfonamides is 1. The number of amides is 1.